The fourth-order valence-electron chi connectivity index (χ4n) is 3.91. The van der Waals surface area contributed by atoms with Gasteiger partial charge in [0.2, 0.25) is 0 Å². The second-order valence-electron chi connectivity index (χ2n) is 9.50. The molecule has 3 aromatic rings. The van der Waals surface area contributed by atoms with E-state index in [0.29, 0.717) is 35.1 Å². The summed E-state index contributed by atoms with van der Waals surface area (Å²) in [5.41, 5.74) is 3.82. The van der Waals surface area contributed by atoms with E-state index in [1.807, 2.05) is 58.9 Å². The second-order valence-corrected chi connectivity index (χ2v) is 9.87. The number of rotatable bonds is 9. The van der Waals surface area contributed by atoms with Crippen LogP contribution in [0.1, 0.15) is 56.3 Å². The number of hydrogen-bond donors (Lipinski definition) is 0. The predicted octanol–water partition coefficient (Wildman–Crippen LogP) is 7.20. The zero-order valence-corrected chi connectivity index (χ0v) is 22.4. The van der Waals surface area contributed by atoms with Gasteiger partial charge in [0.1, 0.15) is 11.6 Å². The molecule has 0 aliphatic rings. The lowest BCUT2D eigenvalue weighted by Crippen LogP contribution is -2.29. The Morgan fingerprint density at radius 3 is 2.25 bits per heavy atom. The van der Waals surface area contributed by atoms with Crippen molar-refractivity contribution < 1.29 is 23.4 Å². The largest absolute Gasteiger partial charge is 0.493 e. The SMILES string of the molecule is CCOC(=O)[C@@H](OC(C)(C)C)c1c(C)nc(C)c(-c2ccc(OCCc3ccc(F)cc3)cc2)c1Cl. The number of benzene rings is 2. The Hall–Kier alpha value is -2.96. The average Bonchev–Trinajstić information content (AvgIpc) is 2.80. The number of hydrogen-bond acceptors (Lipinski definition) is 5. The quantitative estimate of drug-likeness (QED) is 0.283. The number of esters is 1. The highest BCUT2D eigenvalue weighted by molar-refractivity contribution is 6.34. The molecule has 1 heterocycles. The molecule has 0 saturated heterocycles. The molecule has 0 saturated carbocycles. The number of carbonyl (C=O) groups is 1. The Kier molecular flexibility index (Phi) is 9.09. The third kappa shape index (κ3) is 7.05. The Morgan fingerprint density at radius 2 is 1.67 bits per heavy atom. The third-order valence-corrected chi connectivity index (χ3v) is 5.89. The Labute approximate surface area is 217 Å². The highest BCUT2D eigenvalue weighted by atomic mass is 35.5. The van der Waals surface area contributed by atoms with Crippen molar-refractivity contribution in [3.63, 3.8) is 0 Å². The van der Waals surface area contributed by atoms with Gasteiger partial charge in [0, 0.05) is 28.9 Å². The van der Waals surface area contributed by atoms with Crippen LogP contribution in [0.5, 0.6) is 5.75 Å². The van der Waals surface area contributed by atoms with Crippen LogP contribution in [-0.4, -0.2) is 29.8 Å². The predicted molar refractivity (Wildman–Crippen MR) is 140 cm³/mol. The molecule has 192 valence electrons. The molecule has 0 N–H and O–H groups in total. The average molecular weight is 514 g/mol. The summed E-state index contributed by atoms with van der Waals surface area (Å²) in [6, 6.07) is 13.9. The van der Waals surface area contributed by atoms with Crippen LogP contribution in [0.4, 0.5) is 4.39 Å². The molecule has 0 unspecified atom stereocenters. The summed E-state index contributed by atoms with van der Waals surface area (Å²) in [5, 5.41) is 0.410. The minimum absolute atomic E-state index is 0.230. The van der Waals surface area contributed by atoms with Crippen molar-refractivity contribution in [3.8, 4) is 16.9 Å². The molecule has 0 bridgehead atoms. The molecule has 0 radical (unpaired) electrons. The standard InChI is InChI=1S/C29H33ClFNO4/c1-7-34-28(33)27(36-29(4,5)6)25-19(3)32-18(2)24(26(25)30)21-10-14-23(15-11-21)35-17-16-20-8-12-22(31)13-9-20/h8-15,27H,7,16-17H2,1-6H3/t27-/m0/s1. The zero-order chi connectivity index (χ0) is 26.5. The normalized spacial score (nSPS) is 12.3. The van der Waals surface area contributed by atoms with E-state index in [9.17, 15) is 9.18 Å². The lowest BCUT2D eigenvalue weighted by Gasteiger charge is -2.28. The minimum atomic E-state index is -1.00. The number of nitrogens with zero attached hydrogens (tertiary/aromatic N) is 1. The van der Waals surface area contributed by atoms with Crippen molar-refractivity contribution in [1.29, 1.82) is 0 Å². The van der Waals surface area contributed by atoms with Gasteiger partial charge in [-0.3, -0.25) is 4.98 Å². The van der Waals surface area contributed by atoms with Crippen LogP contribution in [0.2, 0.25) is 5.02 Å². The van der Waals surface area contributed by atoms with Gasteiger partial charge in [-0.1, -0.05) is 35.9 Å². The molecule has 1 atom stereocenters. The molecular formula is C29H33ClFNO4. The van der Waals surface area contributed by atoms with Gasteiger partial charge >= 0.3 is 5.97 Å². The Balaban J connectivity index is 1.86. The van der Waals surface area contributed by atoms with Gasteiger partial charge in [-0.2, -0.15) is 0 Å². The van der Waals surface area contributed by atoms with Crippen molar-refractivity contribution in [2.24, 2.45) is 0 Å². The molecule has 0 aliphatic carbocycles. The van der Waals surface area contributed by atoms with Crippen LogP contribution in [0, 0.1) is 19.7 Å². The highest BCUT2D eigenvalue weighted by Gasteiger charge is 2.33. The number of aryl methyl sites for hydroxylation is 2. The van der Waals surface area contributed by atoms with E-state index in [0.717, 1.165) is 22.4 Å². The first-order valence-electron chi connectivity index (χ1n) is 12.0. The van der Waals surface area contributed by atoms with Gasteiger partial charge in [-0.25, -0.2) is 9.18 Å². The summed E-state index contributed by atoms with van der Waals surface area (Å²) >= 11 is 6.94. The number of halogens is 2. The molecule has 0 amide bonds. The van der Waals surface area contributed by atoms with Crippen molar-refractivity contribution in [2.75, 3.05) is 13.2 Å². The number of ether oxygens (including phenoxy) is 3. The van der Waals surface area contributed by atoms with Crippen molar-refractivity contribution in [3.05, 3.63) is 81.9 Å². The van der Waals surface area contributed by atoms with Crippen LogP contribution in [0.25, 0.3) is 11.1 Å². The first kappa shape index (κ1) is 27.6. The van der Waals surface area contributed by atoms with Gasteiger partial charge in [-0.15, -0.1) is 0 Å². The lowest BCUT2D eigenvalue weighted by atomic mass is 9.97. The van der Waals surface area contributed by atoms with E-state index in [-0.39, 0.29) is 12.4 Å². The van der Waals surface area contributed by atoms with E-state index in [4.69, 9.17) is 25.8 Å². The minimum Gasteiger partial charge on any atom is -0.493 e. The first-order chi connectivity index (χ1) is 17.0. The van der Waals surface area contributed by atoms with Gasteiger partial charge in [0.25, 0.3) is 0 Å². The molecule has 0 aliphatic heterocycles. The van der Waals surface area contributed by atoms with Gasteiger partial charge in [0.15, 0.2) is 6.10 Å². The zero-order valence-electron chi connectivity index (χ0n) is 21.7. The van der Waals surface area contributed by atoms with Gasteiger partial charge in [-0.05, 0) is 76.9 Å². The summed E-state index contributed by atoms with van der Waals surface area (Å²) in [4.78, 5) is 17.5. The highest BCUT2D eigenvalue weighted by Crippen LogP contribution is 2.40. The molecule has 3 rings (SSSR count). The van der Waals surface area contributed by atoms with Crippen LogP contribution < -0.4 is 4.74 Å². The lowest BCUT2D eigenvalue weighted by molar-refractivity contribution is -0.166. The van der Waals surface area contributed by atoms with Crippen LogP contribution in [-0.2, 0) is 20.7 Å². The van der Waals surface area contributed by atoms with E-state index in [2.05, 4.69) is 4.98 Å². The smallest absolute Gasteiger partial charge is 0.340 e. The second kappa shape index (κ2) is 11.8. The maximum Gasteiger partial charge on any atom is 0.340 e. The topological polar surface area (TPSA) is 57.7 Å². The van der Waals surface area contributed by atoms with Crippen molar-refractivity contribution >= 4 is 17.6 Å². The molecular weight excluding hydrogens is 481 g/mol. The Bertz CT molecular complexity index is 1190. The summed E-state index contributed by atoms with van der Waals surface area (Å²) < 4.78 is 30.3. The third-order valence-electron chi connectivity index (χ3n) is 5.49. The van der Waals surface area contributed by atoms with Crippen molar-refractivity contribution in [2.45, 2.75) is 59.7 Å². The molecule has 1 aromatic heterocycles. The molecule has 36 heavy (non-hydrogen) atoms. The molecule has 7 heteroatoms. The molecule has 2 aromatic carbocycles. The van der Waals surface area contributed by atoms with E-state index >= 15 is 0 Å². The van der Waals surface area contributed by atoms with Crippen LogP contribution in [0.15, 0.2) is 48.5 Å². The van der Waals surface area contributed by atoms with Crippen molar-refractivity contribution in [1.82, 2.24) is 4.98 Å². The fraction of sp³-hybridized carbons (Fsp3) is 0.379. The van der Waals surface area contributed by atoms with Gasteiger partial charge < -0.3 is 14.2 Å². The monoisotopic (exact) mass is 513 g/mol. The summed E-state index contributed by atoms with van der Waals surface area (Å²) in [6.45, 7) is 11.8. The summed E-state index contributed by atoms with van der Waals surface area (Å²) in [7, 11) is 0. The van der Waals surface area contributed by atoms with Gasteiger partial charge in [0.05, 0.1) is 23.8 Å². The fourth-order valence-corrected chi connectivity index (χ4v) is 4.39. The van der Waals surface area contributed by atoms with E-state index in [1.165, 1.54) is 12.1 Å². The molecule has 0 fully saturated rings. The van der Waals surface area contributed by atoms with E-state index in [1.54, 1.807) is 19.1 Å². The summed E-state index contributed by atoms with van der Waals surface area (Å²) in [5.74, 6) is -0.0502. The number of aromatic nitrogens is 1. The van der Waals surface area contributed by atoms with E-state index < -0.39 is 17.7 Å². The van der Waals surface area contributed by atoms with Crippen LogP contribution in [0.3, 0.4) is 0 Å². The molecule has 5 nitrogen and oxygen atoms in total. The van der Waals surface area contributed by atoms with Crippen LogP contribution >= 0.6 is 11.6 Å². The maximum atomic E-state index is 13.1. The Morgan fingerprint density at radius 1 is 1.03 bits per heavy atom. The first-order valence-corrected chi connectivity index (χ1v) is 12.4. The molecule has 0 spiro atoms. The number of carbonyl (C=O) groups excluding carboxylic acids is 1. The summed E-state index contributed by atoms with van der Waals surface area (Å²) in [6.07, 6.45) is -0.334. The maximum absolute atomic E-state index is 13.1. The number of pyridine rings is 1.